The first-order valence-electron chi connectivity index (χ1n) is 5.98. The minimum absolute atomic E-state index is 0.0921. The Bertz CT molecular complexity index is 551. The molecule has 0 aliphatic rings. The molecule has 1 atom stereocenters. The molecule has 0 amide bonds. The maximum Gasteiger partial charge on any atom is 0.336 e. The van der Waals surface area contributed by atoms with Gasteiger partial charge >= 0.3 is 5.97 Å². The van der Waals surface area contributed by atoms with Crippen molar-refractivity contribution < 1.29 is 14.1 Å². The molecule has 0 unspecified atom stereocenters. The molecule has 1 rings (SSSR count). The number of halogens is 3. The smallest absolute Gasteiger partial charge is 0.336 e. The molecule has 3 nitrogen and oxygen atoms in total. The molecule has 7 heteroatoms. The van der Waals surface area contributed by atoms with Gasteiger partial charge in [-0.15, -0.1) is 0 Å². The lowest BCUT2D eigenvalue weighted by atomic mass is 10.0. The van der Waals surface area contributed by atoms with Gasteiger partial charge < -0.3 is 5.11 Å². The average Bonchev–Trinajstić information content (AvgIpc) is 2.34. The summed E-state index contributed by atoms with van der Waals surface area (Å²) < 4.78 is 10.8. The zero-order valence-corrected chi connectivity index (χ0v) is 14.3. The number of benzene rings is 1. The Morgan fingerprint density at radius 3 is 2.25 bits per heavy atom. The second-order valence-corrected chi connectivity index (χ2v) is 8.70. The van der Waals surface area contributed by atoms with Gasteiger partial charge in [0.15, 0.2) is 0 Å². The first kappa shape index (κ1) is 17.8. The Morgan fingerprint density at radius 2 is 1.90 bits per heavy atom. The van der Waals surface area contributed by atoms with E-state index in [2.05, 4.69) is 0 Å². The number of carbonyl (C=O) groups is 1. The van der Waals surface area contributed by atoms with Crippen molar-refractivity contribution in [3.8, 4) is 0 Å². The predicted molar refractivity (Wildman–Crippen MR) is 83.6 cm³/mol. The molecule has 0 radical (unpaired) electrons. The van der Waals surface area contributed by atoms with Crippen molar-refractivity contribution >= 4 is 51.6 Å². The maximum atomic E-state index is 12.5. The molecule has 1 aromatic carbocycles. The summed E-state index contributed by atoms with van der Waals surface area (Å²) in [7, 11) is -1.45. The van der Waals surface area contributed by atoms with Crippen LogP contribution in [0.25, 0.3) is 0 Å². The topological polar surface area (TPSA) is 54.4 Å². The van der Waals surface area contributed by atoms with Crippen LogP contribution in [0.5, 0.6) is 0 Å². The molecular weight excluding hydrogens is 343 g/mol. The summed E-state index contributed by atoms with van der Waals surface area (Å²) in [6.45, 7) is 5.32. The lowest BCUT2D eigenvalue weighted by Gasteiger charge is -2.21. The maximum absolute atomic E-state index is 12.5. The second kappa shape index (κ2) is 6.65. The molecule has 1 aromatic rings. The number of hydrogen-bond acceptors (Lipinski definition) is 2. The van der Waals surface area contributed by atoms with E-state index >= 15 is 0 Å². The van der Waals surface area contributed by atoms with E-state index in [-0.39, 0.29) is 16.4 Å². The minimum atomic E-state index is -1.75. The van der Waals surface area contributed by atoms with Crippen molar-refractivity contribution in [3.05, 3.63) is 28.8 Å². The van der Waals surface area contributed by atoms with Crippen LogP contribution < -0.4 is 0 Å². The Morgan fingerprint density at radius 1 is 1.35 bits per heavy atom. The third kappa shape index (κ3) is 3.67. The molecule has 0 saturated heterocycles. The Kier molecular flexibility index (Phi) is 5.90. The molecule has 0 heterocycles. The van der Waals surface area contributed by atoms with Crippen molar-refractivity contribution in [2.45, 2.75) is 41.1 Å². The quantitative estimate of drug-likeness (QED) is 0.818. The van der Waals surface area contributed by atoms with Crippen LogP contribution in [-0.4, -0.2) is 20.5 Å². The molecule has 20 heavy (non-hydrogen) atoms. The van der Waals surface area contributed by atoms with Gasteiger partial charge in [-0.3, -0.25) is 4.21 Å². The van der Waals surface area contributed by atoms with Crippen molar-refractivity contribution in [1.82, 2.24) is 0 Å². The van der Waals surface area contributed by atoms with Gasteiger partial charge in [0.25, 0.3) is 0 Å². The highest BCUT2D eigenvalue weighted by atomic mass is 35.6. The highest BCUT2D eigenvalue weighted by Crippen LogP contribution is 2.43. The highest BCUT2D eigenvalue weighted by molar-refractivity contribution is 7.85. The standard InChI is InChI=1S/C13H15Cl3O3S/c1-4-8-9(12(17)18)5-6-10(13(14,15)16)11(8)20(19)7(2)3/h5-7H,4H2,1-3H3,(H,17,18)/t20-/m0/s1. The first-order chi connectivity index (χ1) is 9.11. The van der Waals surface area contributed by atoms with Crippen LogP contribution in [0.3, 0.4) is 0 Å². The molecule has 0 spiro atoms. The van der Waals surface area contributed by atoms with Crippen LogP contribution in [0.1, 0.15) is 42.3 Å². The van der Waals surface area contributed by atoms with E-state index in [0.717, 1.165) is 0 Å². The van der Waals surface area contributed by atoms with Crippen molar-refractivity contribution in [3.63, 3.8) is 0 Å². The SMILES string of the molecule is CCc1c(C(=O)O)ccc(C(Cl)(Cl)Cl)c1[S@@](=O)C(C)C. The van der Waals surface area contributed by atoms with E-state index in [1.807, 2.05) is 0 Å². The van der Waals surface area contributed by atoms with E-state index in [9.17, 15) is 14.1 Å². The number of carboxylic acid groups (broad SMARTS) is 1. The molecule has 1 N–H and O–H groups in total. The number of alkyl halides is 3. The average molecular weight is 358 g/mol. The van der Waals surface area contributed by atoms with E-state index in [0.29, 0.717) is 16.9 Å². The number of rotatable bonds is 4. The van der Waals surface area contributed by atoms with Gasteiger partial charge in [-0.1, -0.05) is 61.6 Å². The molecule has 0 aromatic heterocycles. The molecule has 0 fully saturated rings. The number of aromatic carboxylic acids is 1. The molecule has 0 aliphatic heterocycles. The van der Waals surface area contributed by atoms with Crippen molar-refractivity contribution in [2.24, 2.45) is 0 Å². The van der Waals surface area contributed by atoms with Gasteiger partial charge in [0.2, 0.25) is 3.79 Å². The lowest BCUT2D eigenvalue weighted by Crippen LogP contribution is -2.17. The Labute approximate surface area is 135 Å². The summed E-state index contributed by atoms with van der Waals surface area (Å²) in [5, 5.41) is 9.02. The van der Waals surface area contributed by atoms with Crippen LogP contribution in [0.2, 0.25) is 0 Å². The number of hydrogen-bond donors (Lipinski definition) is 1. The molecular formula is C13H15Cl3O3S. The van der Waals surface area contributed by atoms with Gasteiger partial charge in [0.05, 0.1) is 21.3 Å². The van der Waals surface area contributed by atoms with E-state index < -0.39 is 20.6 Å². The monoisotopic (exact) mass is 356 g/mol. The molecule has 112 valence electrons. The summed E-state index contributed by atoms with van der Waals surface area (Å²) >= 11 is 17.8. The highest BCUT2D eigenvalue weighted by Gasteiger charge is 2.32. The molecule has 0 saturated carbocycles. The fourth-order valence-corrected chi connectivity index (χ4v) is 3.91. The van der Waals surface area contributed by atoms with Crippen LogP contribution >= 0.6 is 34.8 Å². The third-order valence-electron chi connectivity index (χ3n) is 2.78. The minimum Gasteiger partial charge on any atom is -0.478 e. The summed E-state index contributed by atoms with van der Waals surface area (Å²) in [4.78, 5) is 11.6. The zero-order valence-electron chi connectivity index (χ0n) is 11.2. The van der Waals surface area contributed by atoms with Gasteiger partial charge in [-0.05, 0) is 18.1 Å². The lowest BCUT2D eigenvalue weighted by molar-refractivity contribution is 0.0695. The van der Waals surface area contributed by atoms with Crippen LogP contribution in [0.4, 0.5) is 0 Å². The predicted octanol–water partition coefficient (Wildman–Crippen LogP) is 4.29. The van der Waals surface area contributed by atoms with Gasteiger partial charge in [-0.25, -0.2) is 4.79 Å². The van der Waals surface area contributed by atoms with Gasteiger partial charge in [-0.2, -0.15) is 0 Å². The number of carboxylic acids is 1. The molecule has 0 aliphatic carbocycles. The van der Waals surface area contributed by atoms with Crippen LogP contribution in [0.15, 0.2) is 17.0 Å². The third-order valence-corrected chi connectivity index (χ3v) is 5.11. The normalized spacial score (nSPS) is 13.6. The first-order valence-corrected chi connectivity index (χ1v) is 8.32. The zero-order chi connectivity index (χ0) is 15.7. The second-order valence-electron chi connectivity index (χ2n) is 4.47. The molecule has 0 bridgehead atoms. The van der Waals surface area contributed by atoms with Crippen LogP contribution in [0, 0.1) is 0 Å². The summed E-state index contributed by atoms with van der Waals surface area (Å²) in [5.74, 6) is -1.08. The summed E-state index contributed by atoms with van der Waals surface area (Å²) in [6.07, 6.45) is 0.393. The van der Waals surface area contributed by atoms with Crippen molar-refractivity contribution in [2.75, 3.05) is 0 Å². The van der Waals surface area contributed by atoms with Gasteiger partial charge in [0.1, 0.15) is 0 Å². The van der Waals surface area contributed by atoms with Gasteiger partial charge in [0, 0.05) is 10.8 Å². The Hall–Kier alpha value is -0.290. The summed E-state index contributed by atoms with van der Waals surface area (Å²) in [5.41, 5.74) is 0.819. The van der Waals surface area contributed by atoms with E-state index in [1.54, 1.807) is 20.8 Å². The van der Waals surface area contributed by atoms with Crippen LogP contribution in [-0.2, 0) is 21.0 Å². The largest absolute Gasteiger partial charge is 0.478 e. The van der Waals surface area contributed by atoms with Crippen molar-refractivity contribution in [1.29, 1.82) is 0 Å². The fourth-order valence-electron chi connectivity index (χ4n) is 1.87. The van der Waals surface area contributed by atoms with E-state index in [1.165, 1.54) is 12.1 Å². The van der Waals surface area contributed by atoms with E-state index in [4.69, 9.17) is 34.8 Å². The Balaban J connectivity index is 3.74. The fraction of sp³-hybridized carbons (Fsp3) is 0.462. The summed E-state index contributed by atoms with van der Waals surface area (Å²) in [6, 6.07) is 2.81.